The van der Waals surface area contributed by atoms with E-state index in [1.807, 2.05) is 37.3 Å². The second-order valence-electron chi connectivity index (χ2n) is 6.69. The van der Waals surface area contributed by atoms with Crippen LogP contribution in [0.25, 0.3) is 16.9 Å². The summed E-state index contributed by atoms with van der Waals surface area (Å²) in [5.74, 6) is 0.479. The monoisotopic (exact) mass is 354 g/mol. The first-order chi connectivity index (χ1) is 12.0. The van der Waals surface area contributed by atoms with Crippen molar-refractivity contribution in [2.24, 2.45) is 5.92 Å². The van der Waals surface area contributed by atoms with Crippen molar-refractivity contribution < 1.29 is 4.79 Å². The SMILES string of the molecule is Cc1cc(-c2cccc(Cl)c2)nc2c(C(=O)N[C@@H](C)C3CC3)cnn12. The van der Waals surface area contributed by atoms with Crippen LogP contribution in [0.3, 0.4) is 0 Å². The molecule has 2 aromatic heterocycles. The van der Waals surface area contributed by atoms with E-state index in [9.17, 15) is 4.79 Å². The maximum absolute atomic E-state index is 12.7. The summed E-state index contributed by atoms with van der Waals surface area (Å²) in [5, 5.41) is 8.05. The number of hydrogen-bond donors (Lipinski definition) is 1. The smallest absolute Gasteiger partial charge is 0.256 e. The maximum atomic E-state index is 12.7. The molecule has 1 aliphatic rings. The van der Waals surface area contributed by atoms with Gasteiger partial charge in [0.15, 0.2) is 5.65 Å². The number of aromatic nitrogens is 3. The number of carbonyl (C=O) groups is 1. The average molecular weight is 355 g/mol. The van der Waals surface area contributed by atoms with Gasteiger partial charge in [-0.15, -0.1) is 0 Å². The third-order valence-electron chi connectivity index (χ3n) is 4.70. The van der Waals surface area contributed by atoms with Crippen LogP contribution in [0.15, 0.2) is 36.5 Å². The molecule has 0 aliphatic heterocycles. The largest absolute Gasteiger partial charge is 0.349 e. The van der Waals surface area contributed by atoms with Crippen LogP contribution in [0, 0.1) is 12.8 Å². The first kappa shape index (κ1) is 16.1. The molecule has 2 heterocycles. The molecule has 0 unspecified atom stereocenters. The standard InChI is InChI=1S/C19H19ClN4O/c1-11-8-17(14-4-3-5-15(20)9-14)23-18-16(10-21-24(11)18)19(25)22-12(2)13-6-7-13/h3-5,8-10,12-13H,6-7H2,1-2H3,(H,22,25)/t12-/m0/s1. The van der Waals surface area contributed by atoms with E-state index < -0.39 is 0 Å². The van der Waals surface area contributed by atoms with Crippen LogP contribution < -0.4 is 5.32 Å². The first-order valence-electron chi connectivity index (χ1n) is 8.45. The van der Waals surface area contributed by atoms with Gasteiger partial charge in [-0.3, -0.25) is 4.79 Å². The van der Waals surface area contributed by atoms with Gasteiger partial charge in [0.2, 0.25) is 0 Å². The van der Waals surface area contributed by atoms with E-state index in [0.717, 1.165) is 17.0 Å². The zero-order chi connectivity index (χ0) is 17.6. The van der Waals surface area contributed by atoms with E-state index in [2.05, 4.69) is 22.3 Å². The Balaban J connectivity index is 1.74. The van der Waals surface area contributed by atoms with Crippen LogP contribution in [0.4, 0.5) is 0 Å². The highest BCUT2D eigenvalue weighted by Crippen LogP contribution is 2.32. The van der Waals surface area contributed by atoms with Gasteiger partial charge in [-0.05, 0) is 50.8 Å². The van der Waals surface area contributed by atoms with Crippen molar-refractivity contribution in [3.63, 3.8) is 0 Å². The highest BCUT2D eigenvalue weighted by atomic mass is 35.5. The zero-order valence-corrected chi connectivity index (χ0v) is 14.9. The molecule has 0 radical (unpaired) electrons. The van der Waals surface area contributed by atoms with Crippen LogP contribution in [-0.4, -0.2) is 26.5 Å². The molecule has 1 aromatic carbocycles. The predicted octanol–water partition coefficient (Wildman–Crippen LogP) is 3.89. The van der Waals surface area contributed by atoms with E-state index in [-0.39, 0.29) is 11.9 Å². The molecule has 1 atom stereocenters. The second kappa shape index (κ2) is 6.15. The fourth-order valence-corrected chi connectivity index (χ4v) is 3.26. The molecule has 4 rings (SSSR count). The number of carbonyl (C=O) groups excluding carboxylic acids is 1. The third-order valence-corrected chi connectivity index (χ3v) is 4.94. The number of amides is 1. The van der Waals surface area contributed by atoms with Crippen molar-refractivity contribution >= 4 is 23.2 Å². The number of nitrogens with zero attached hydrogens (tertiary/aromatic N) is 3. The molecule has 0 spiro atoms. The highest BCUT2D eigenvalue weighted by Gasteiger charge is 2.29. The molecule has 1 amide bonds. The summed E-state index contributed by atoms with van der Waals surface area (Å²) in [6.07, 6.45) is 3.96. The van der Waals surface area contributed by atoms with Gasteiger partial charge in [-0.25, -0.2) is 9.50 Å². The minimum absolute atomic E-state index is 0.121. The minimum atomic E-state index is -0.121. The lowest BCUT2D eigenvalue weighted by Crippen LogP contribution is -2.34. The molecule has 1 aliphatic carbocycles. The van der Waals surface area contributed by atoms with Gasteiger partial charge in [-0.2, -0.15) is 5.10 Å². The quantitative estimate of drug-likeness (QED) is 0.773. The highest BCUT2D eigenvalue weighted by molar-refractivity contribution is 6.30. The molecule has 1 saturated carbocycles. The summed E-state index contributed by atoms with van der Waals surface area (Å²) in [7, 11) is 0. The second-order valence-corrected chi connectivity index (χ2v) is 7.12. The number of halogens is 1. The minimum Gasteiger partial charge on any atom is -0.349 e. The van der Waals surface area contributed by atoms with Crippen molar-refractivity contribution in [3.8, 4) is 11.3 Å². The summed E-state index contributed by atoms with van der Waals surface area (Å²) in [6, 6.07) is 9.66. The number of aryl methyl sites for hydroxylation is 1. The normalized spacial score (nSPS) is 15.3. The zero-order valence-electron chi connectivity index (χ0n) is 14.2. The summed E-state index contributed by atoms with van der Waals surface area (Å²) in [6.45, 7) is 4.00. The van der Waals surface area contributed by atoms with Gasteiger partial charge in [0.1, 0.15) is 5.56 Å². The number of nitrogens with one attached hydrogen (secondary N) is 1. The van der Waals surface area contributed by atoms with Crippen molar-refractivity contribution in [1.29, 1.82) is 0 Å². The van der Waals surface area contributed by atoms with Gasteiger partial charge in [0, 0.05) is 22.3 Å². The number of rotatable bonds is 4. The Kier molecular flexibility index (Phi) is 3.96. The Bertz CT molecular complexity index is 961. The van der Waals surface area contributed by atoms with Gasteiger partial charge in [0.05, 0.1) is 11.9 Å². The van der Waals surface area contributed by atoms with Crippen LogP contribution in [-0.2, 0) is 0 Å². The Morgan fingerprint density at radius 2 is 2.16 bits per heavy atom. The molecule has 1 N–H and O–H groups in total. The van der Waals surface area contributed by atoms with E-state index in [1.165, 1.54) is 12.8 Å². The average Bonchev–Trinajstić information content (AvgIpc) is 3.34. The molecular formula is C19H19ClN4O. The molecular weight excluding hydrogens is 336 g/mol. The van der Waals surface area contributed by atoms with Crippen molar-refractivity contribution in [3.05, 3.63) is 52.8 Å². The molecule has 128 valence electrons. The van der Waals surface area contributed by atoms with Crippen LogP contribution in [0.5, 0.6) is 0 Å². The molecule has 1 fully saturated rings. The summed E-state index contributed by atoms with van der Waals surface area (Å²) >= 11 is 6.10. The molecule has 3 aromatic rings. The fourth-order valence-electron chi connectivity index (χ4n) is 3.07. The topological polar surface area (TPSA) is 59.3 Å². The lowest BCUT2D eigenvalue weighted by Gasteiger charge is -2.12. The number of hydrogen-bond acceptors (Lipinski definition) is 3. The number of fused-ring (bicyclic) bond motifs is 1. The van der Waals surface area contributed by atoms with Gasteiger partial charge in [0.25, 0.3) is 5.91 Å². The Morgan fingerprint density at radius 1 is 1.36 bits per heavy atom. The number of benzene rings is 1. The van der Waals surface area contributed by atoms with Crippen molar-refractivity contribution in [1.82, 2.24) is 19.9 Å². The van der Waals surface area contributed by atoms with E-state index in [0.29, 0.717) is 22.2 Å². The Labute approximate surface area is 151 Å². The molecule has 0 bridgehead atoms. The van der Waals surface area contributed by atoms with E-state index >= 15 is 0 Å². The van der Waals surface area contributed by atoms with Crippen molar-refractivity contribution in [2.75, 3.05) is 0 Å². The van der Waals surface area contributed by atoms with Gasteiger partial charge < -0.3 is 5.32 Å². The summed E-state index contributed by atoms with van der Waals surface area (Å²) < 4.78 is 1.70. The Hall–Kier alpha value is -2.40. The first-order valence-corrected chi connectivity index (χ1v) is 8.83. The summed E-state index contributed by atoms with van der Waals surface area (Å²) in [4.78, 5) is 17.3. The molecule has 6 heteroatoms. The van der Waals surface area contributed by atoms with Crippen molar-refractivity contribution in [2.45, 2.75) is 32.7 Å². The van der Waals surface area contributed by atoms with Crippen LogP contribution in [0.1, 0.15) is 35.8 Å². The molecule has 0 saturated heterocycles. The van der Waals surface area contributed by atoms with Gasteiger partial charge >= 0.3 is 0 Å². The lowest BCUT2D eigenvalue weighted by atomic mass is 10.1. The lowest BCUT2D eigenvalue weighted by molar-refractivity contribution is 0.0937. The fraction of sp³-hybridized carbons (Fsp3) is 0.316. The van der Waals surface area contributed by atoms with Gasteiger partial charge in [-0.1, -0.05) is 23.7 Å². The summed E-state index contributed by atoms with van der Waals surface area (Å²) in [5.41, 5.74) is 3.67. The van der Waals surface area contributed by atoms with Crippen LogP contribution in [0.2, 0.25) is 5.02 Å². The predicted molar refractivity (Wildman–Crippen MR) is 97.8 cm³/mol. The molecule has 5 nitrogen and oxygen atoms in total. The van der Waals surface area contributed by atoms with Crippen LogP contribution >= 0.6 is 11.6 Å². The maximum Gasteiger partial charge on any atom is 0.256 e. The van der Waals surface area contributed by atoms with E-state index in [1.54, 1.807) is 10.7 Å². The van der Waals surface area contributed by atoms with E-state index in [4.69, 9.17) is 11.6 Å². The molecule has 25 heavy (non-hydrogen) atoms. The third kappa shape index (κ3) is 3.12. The Morgan fingerprint density at radius 3 is 2.88 bits per heavy atom.